The van der Waals surface area contributed by atoms with Gasteiger partial charge in [-0.05, 0) is 79.8 Å². The van der Waals surface area contributed by atoms with Gasteiger partial charge in [0.05, 0.1) is 11.6 Å². The summed E-state index contributed by atoms with van der Waals surface area (Å²) >= 11 is 0. The summed E-state index contributed by atoms with van der Waals surface area (Å²) in [5, 5.41) is 21.9. The lowest BCUT2D eigenvalue weighted by molar-refractivity contribution is 0.0696. The van der Waals surface area contributed by atoms with Crippen molar-refractivity contribution >= 4 is 11.7 Å². The first-order valence-electron chi connectivity index (χ1n) is 10.4. The molecule has 1 saturated carbocycles. The number of phenols is 1. The standard InChI is InChI=1S/C23H25N3O2.CH5N/c1-23-11-3-4-17(12-16-7-10-19(27)13-20(16)23)21(23)26(2)22(28)25-18-8-5-15(14-24)6-9-18;1-2/h5-10,13,17,21,27H,3-4,11-12H2,1-2H3,(H,25,28);2H2,1H3/t17?,21-,23+;/m0./s1. The lowest BCUT2D eigenvalue weighted by Gasteiger charge is -2.54. The predicted octanol–water partition coefficient (Wildman–Crippen LogP) is 3.99. The van der Waals surface area contributed by atoms with Crippen molar-refractivity contribution < 1.29 is 9.90 Å². The van der Waals surface area contributed by atoms with Gasteiger partial charge in [-0.1, -0.05) is 19.4 Å². The summed E-state index contributed by atoms with van der Waals surface area (Å²) in [5.74, 6) is 0.694. The number of nitriles is 1. The van der Waals surface area contributed by atoms with E-state index in [-0.39, 0.29) is 23.2 Å². The van der Waals surface area contributed by atoms with Crippen molar-refractivity contribution in [3.05, 3.63) is 59.2 Å². The van der Waals surface area contributed by atoms with E-state index in [1.165, 1.54) is 18.2 Å². The first kappa shape index (κ1) is 21.7. The number of nitrogens with one attached hydrogen (secondary N) is 1. The van der Waals surface area contributed by atoms with Gasteiger partial charge in [-0.3, -0.25) is 0 Å². The summed E-state index contributed by atoms with van der Waals surface area (Å²) < 4.78 is 0. The van der Waals surface area contributed by atoms with Gasteiger partial charge in [0.25, 0.3) is 0 Å². The molecule has 158 valence electrons. The number of urea groups is 1. The van der Waals surface area contributed by atoms with E-state index in [9.17, 15) is 9.90 Å². The molecule has 2 bridgehead atoms. The van der Waals surface area contributed by atoms with Crippen LogP contribution < -0.4 is 11.1 Å². The zero-order valence-corrected chi connectivity index (χ0v) is 17.9. The average Bonchev–Trinajstić information content (AvgIpc) is 2.76. The minimum absolute atomic E-state index is 0.0777. The molecule has 0 heterocycles. The third-order valence-electron chi connectivity index (χ3n) is 6.56. The Morgan fingerprint density at radius 3 is 2.63 bits per heavy atom. The van der Waals surface area contributed by atoms with Gasteiger partial charge in [-0.25, -0.2) is 4.79 Å². The Hall–Kier alpha value is -3.04. The van der Waals surface area contributed by atoms with Crippen LogP contribution in [-0.4, -0.2) is 36.2 Å². The number of fused-ring (bicyclic) bond motifs is 4. The number of aromatic hydroxyl groups is 1. The zero-order chi connectivity index (χ0) is 21.9. The molecule has 0 aliphatic heterocycles. The fourth-order valence-corrected chi connectivity index (χ4v) is 5.33. The van der Waals surface area contributed by atoms with Crippen LogP contribution in [0.1, 0.15) is 42.9 Å². The van der Waals surface area contributed by atoms with Crippen LogP contribution >= 0.6 is 0 Å². The molecule has 1 fully saturated rings. The van der Waals surface area contributed by atoms with E-state index in [0.717, 1.165) is 25.7 Å². The number of carbonyl (C=O) groups excluding carboxylic acids is 1. The fraction of sp³-hybridized carbons (Fsp3) is 0.417. The molecule has 3 atom stereocenters. The number of anilines is 1. The number of nitrogens with two attached hydrogens (primary N) is 1. The largest absolute Gasteiger partial charge is 0.508 e. The molecule has 4 N–H and O–H groups in total. The highest BCUT2D eigenvalue weighted by molar-refractivity contribution is 5.89. The maximum Gasteiger partial charge on any atom is 0.321 e. The van der Waals surface area contributed by atoms with Crippen molar-refractivity contribution in [2.75, 3.05) is 19.4 Å². The van der Waals surface area contributed by atoms with Crippen LogP contribution in [0.25, 0.3) is 0 Å². The molecule has 2 aliphatic rings. The van der Waals surface area contributed by atoms with Gasteiger partial charge < -0.3 is 21.1 Å². The molecule has 0 spiro atoms. The van der Waals surface area contributed by atoms with Crippen LogP contribution in [0.2, 0.25) is 0 Å². The van der Waals surface area contributed by atoms with Crippen molar-refractivity contribution in [1.29, 1.82) is 5.26 Å². The monoisotopic (exact) mass is 406 g/mol. The molecule has 2 aromatic rings. The molecule has 2 aliphatic carbocycles. The lowest BCUT2D eigenvalue weighted by Crippen LogP contribution is -2.59. The third kappa shape index (κ3) is 3.86. The van der Waals surface area contributed by atoms with E-state index in [1.54, 1.807) is 30.3 Å². The summed E-state index contributed by atoms with van der Waals surface area (Å²) in [6.07, 6.45) is 4.18. The molecule has 1 unspecified atom stereocenters. The molecule has 4 rings (SSSR count). The highest BCUT2D eigenvalue weighted by atomic mass is 16.3. The predicted molar refractivity (Wildman–Crippen MR) is 118 cm³/mol. The topological polar surface area (TPSA) is 102 Å². The summed E-state index contributed by atoms with van der Waals surface area (Å²) in [4.78, 5) is 14.9. The summed E-state index contributed by atoms with van der Waals surface area (Å²) in [7, 11) is 3.37. The number of hydrogen-bond acceptors (Lipinski definition) is 4. The van der Waals surface area contributed by atoms with Crippen LogP contribution in [0.15, 0.2) is 42.5 Å². The Labute approximate surface area is 178 Å². The first-order valence-corrected chi connectivity index (χ1v) is 10.4. The normalized spacial score (nSPS) is 23.8. The quantitative estimate of drug-likeness (QED) is 0.702. The molecular formula is C24H30N4O2. The number of likely N-dealkylation sites (N-methyl/N-ethyl adjacent to an activating group) is 1. The van der Waals surface area contributed by atoms with Gasteiger partial charge in [0.2, 0.25) is 0 Å². The molecule has 0 radical (unpaired) electrons. The summed E-state index contributed by atoms with van der Waals surface area (Å²) in [6.45, 7) is 2.23. The maximum atomic E-state index is 13.0. The summed E-state index contributed by atoms with van der Waals surface area (Å²) in [5.41, 5.74) is 8.04. The number of carbonyl (C=O) groups is 1. The Kier molecular flexibility index (Phi) is 6.33. The Balaban J connectivity index is 0.00000124. The lowest BCUT2D eigenvalue weighted by atomic mass is 9.57. The number of nitrogens with zero attached hydrogens (tertiary/aromatic N) is 2. The first-order chi connectivity index (χ1) is 14.4. The van der Waals surface area contributed by atoms with Crippen LogP contribution in [0, 0.1) is 17.2 Å². The fourth-order valence-electron chi connectivity index (χ4n) is 5.33. The zero-order valence-electron chi connectivity index (χ0n) is 17.9. The van der Waals surface area contributed by atoms with E-state index in [2.05, 4.69) is 24.0 Å². The number of rotatable bonds is 2. The second-order valence-electron chi connectivity index (χ2n) is 8.29. The highest BCUT2D eigenvalue weighted by Crippen LogP contribution is 2.51. The molecule has 0 saturated heterocycles. The second kappa shape index (κ2) is 8.76. The Morgan fingerprint density at radius 1 is 1.27 bits per heavy atom. The van der Waals surface area contributed by atoms with Crippen LogP contribution in [-0.2, 0) is 11.8 Å². The second-order valence-corrected chi connectivity index (χ2v) is 8.29. The van der Waals surface area contributed by atoms with Gasteiger partial charge in [0.1, 0.15) is 5.75 Å². The van der Waals surface area contributed by atoms with E-state index in [1.807, 2.05) is 24.1 Å². The SMILES string of the molecule is CN.CN(C(=O)Nc1ccc(C#N)cc1)[C@H]1C2CCC[C@]1(C)c1cc(O)ccc1C2. The van der Waals surface area contributed by atoms with E-state index in [4.69, 9.17) is 5.26 Å². The van der Waals surface area contributed by atoms with E-state index in [0.29, 0.717) is 17.2 Å². The van der Waals surface area contributed by atoms with Gasteiger partial charge in [-0.2, -0.15) is 5.26 Å². The molecular weight excluding hydrogens is 376 g/mol. The van der Waals surface area contributed by atoms with Gasteiger partial charge in [0, 0.05) is 24.2 Å². The third-order valence-corrected chi connectivity index (χ3v) is 6.56. The highest BCUT2D eigenvalue weighted by Gasteiger charge is 2.50. The molecule has 2 amide bonds. The van der Waals surface area contributed by atoms with Crippen LogP contribution in [0.5, 0.6) is 5.75 Å². The van der Waals surface area contributed by atoms with Crippen LogP contribution in [0.4, 0.5) is 10.5 Å². The van der Waals surface area contributed by atoms with Crippen molar-refractivity contribution in [1.82, 2.24) is 4.90 Å². The molecule has 30 heavy (non-hydrogen) atoms. The van der Waals surface area contributed by atoms with E-state index < -0.39 is 0 Å². The minimum atomic E-state index is -0.175. The number of benzene rings is 2. The van der Waals surface area contributed by atoms with Crippen molar-refractivity contribution in [2.24, 2.45) is 11.7 Å². The maximum absolute atomic E-state index is 13.0. The molecule has 0 aromatic heterocycles. The van der Waals surface area contributed by atoms with Crippen molar-refractivity contribution in [2.45, 2.75) is 44.1 Å². The molecule has 2 aromatic carbocycles. The Bertz CT molecular complexity index is 951. The van der Waals surface area contributed by atoms with Gasteiger partial charge in [-0.15, -0.1) is 0 Å². The van der Waals surface area contributed by atoms with E-state index >= 15 is 0 Å². The van der Waals surface area contributed by atoms with Gasteiger partial charge in [0.15, 0.2) is 0 Å². The average molecular weight is 407 g/mol. The minimum Gasteiger partial charge on any atom is -0.508 e. The smallest absolute Gasteiger partial charge is 0.321 e. The van der Waals surface area contributed by atoms with Gasteiger partial charge >= 0.3 is 6.03 Å². The van der Waals surface area contributed by atoms with Crippen molar-refractivity contribution in [3.63, 3.8) is 0 Å². The Morgan fingerprint density at radius 2 is 1.97 bits per heavy atom. The van der Waals surface area contributed by atoms with Crippen molar-refractivity contribution in [3.8, 4) is 11.8 Å². The number of hydrogen-bond donors (Lipinski definition) is 3. The molecule has 6 nitrogen and oxygen atoms in total. The number of phenolic OH excluding ortho intramolecular Hbond substituents is 1. The number of amides is 2. The summed E-state index contributed by atoms with van der Waals surface area (Å²) in [6, 6.07) is 14.6. The molecule has 6 heteroatoms. The van der Waals surface area contributed by atoms with Crippen LogP contribution in [0.3, 0.4) is 0 Å².